The molecule has 1 aliphatic carbocycles. The van der Waals surface area contributed by atoms with E-state index in [1.165, 1.54) is 18.4 Å². The molecule has 134 valence electrons. The molecule has 25 heavy (non-hydrogen) atoms. The molecule has 1 fully saturated rings. The molecule has 1 amide bonds. The number of hydrogen-bond acceptors (Lipinski definition) is 5. The van der Waals surface area contributed by atoms with Gasteiger partial charge in [-0.2, -0.15) is 11.3 Å². The van der Waals surface area contributed by atoms with Crippen molar-refractivity contribution in [3.63, 3.8) is 0 Å². The molecule has 0 atom stereocenters. The number of hydrogen-bond donors (Lipinski definition) is 2. The van der Waals surface area contributed by atoms with Crippen molar-refractivity contribution in [2.45, 2.75) is 51.8 Å². The molecule has 0 bridgehead atoms. The monoisotopic (exact) mass is 359 g/mol. The fraction of sp³-hybridized carbons (Fsp3) is 0.421. The second kappa shape index (κ2) is 6.96. The largest absolute Gasteiger partial charge is 0.444 e. The van der Waals surface area contributed by atoms with E-state index in [2.05, 4.69) is 27.0 Å². The van der Waals surface area contributed by atoms with E-state index in [1.807, 2.05) is 32.9 Å². The average Bonchev–Trinajstić information content (AvgIpc) is 3.22. The number of nitrogens with zero attached hydrogens (tertiary/aromatic N) is 1. The molecule has 0 radical (unpaired) electrons. The molecule has 6 heteroatoms. The van der Waals surface area contributed by atoms with Gasteiger partial charge in [0.2, 0.25) is 0 Å². The maximum atomic E-state index is 12.0. The second-order valence-electron chi connectivity index (χ2n) is 7.39. The number of benzene rings is 1. The van der Waals surface area contributed by atoms with Crippen LogP contribution >= 0.6 is 11.3 Å². The quantitative estimate of drug-likeness (QED) is 0.749. The van der Waals surface area contributed by atoms with Crippen molar-refractivity contribution in [3.05, 3.63) is 40.6 Å². The summed E-state index contributed by atoms with van der Waals surface area (Å²) in [6.07, 6.45) is 1.89. The van der Waals surface area contributed by atoms with Crippen LogP contribution in [0, 0.1) is 0 Å². The summed E-state index contributed by atoms with van der Waals surface area (Å²) < 4.78 is 5.32. The van der Waals surface area contributed by atoms with Crippen molar-refractivity contribution >= 4 is 34.5 Å². The molecule has 0 unspecified atom stereocenters. The Balaban J connectivity index is 1.79. The minimum atomic E-state index is -0.528. The molecule has 1 heterocycles. The van der Waals surface area contributed by atoms with Crippen LogP contribution in [0.4, 0.5) is 21.9 Å². The van der Waals surface area contributed by atoms with E-state index < -0.39 is 11.7 Å². The Morgan fingerprint density at radius 1 is 1.36 bits per heavy atom. The lowest BCUT2D eigenvalue weighted by Crippen LogP contribution is -2.28. The first-order chi connectivity index (χ1) is 11.8. The molecular formula is C19H25N3O2S. The summed E-state index contributed by atoms with van der Waals surface area (Å²) in [6, 6.07) is 8.23. The predicted octanol–water partition coefficient (Wildman–Crippen LogP) is 4.85. The first kappa shape index (κ1) is 17.6. The Labute approximate surface area is 152 Å². The molecular weight excluding hydrogens is 334 g/mol. The van der Waals surface area contributed by atoms with Crippen LogP contribution in [0.2, 0.25) is 0 Å². The van der Waals surface area contributed by atoms with Gasteiger partial charge in [-0.3, -0.25) is 5.32 Å². The highest BCUT2D eigenvalue weighted by molar-refractivity contribution is 7.07. The molecule has 5 nitrogen and oxygen atoms in total. The van der Waals surface area contributed by atoms with Gasteiger partial charge in [0.05, 0.1) is 11.4 Å². The zero-order valence-electron chi connectivity index (χ0n) is 14.9. The Hall–Kier alpha value is -2.21. The van der Waals surface area contributed by atoms with Crippen molar-refractivity contribution in [2.75, 3.05) is 16.0 Å². The van der Waals surface area contributed by atoms with Crippen LogP contribution < -0.4 is 16.0 Å². The van der Waals surface area contributed by atoms with E-state index in [0.717, 1.165) is 17.9 Å². The summed E-state index contributed by atoms with van der Waals surface area (Å²) >= 11 is 1.70. The minimum absolute atomic E-state index is 0.459. The van der Waals surface area contributed by atoms with Crippen LogP contribution in [0.15, 0.2) is 35.0 Å². The summed E-state index contributed by atoms with van der Waals surface area (Å²) in [6.45, 7) is 6.36. The van der Waals surface area contributed by atoms with Crippen molar-refractivity contribution in [3.8, 4) is 0 Å². The summed E-state index contributed by atoms with van der Waals surface area (Å²) in [7, 11) is 0. The van der Waals surface area contributed by atoms with Crippen molar-refractivity contribution in [1.82, 2.24) is 0 Å². The average molecular weight is 359 g/mol. The zero-order valence-corrected chi connectivity index (χ0v) is 15.7. The third-order valence-corrected chi connectivity index (χ3v) is 4.64. The molecule has 1 aromatic heterocycles. The topological polar surface area (TPSA) is 67.6 Å². The number of amides is 1. The molecule has 3 rings (SSSR count). The SMILES string of the molecule is CC(C)(C)OC(=O)Nc1ccc(N)c(N(Cc2ccsc2)C2CC2)c1. The van der Waals surface area contributed by atoms with Gasteiger partial charge in [-0.25, -0.2) is 4.79 Å². The number of carbonyl (C=O) groups excluding carboxylic acids is 1. The van der Waals surface area contributed by atoms with Crippen LogP contribution in [0.1, 0.15) is 39.2 Å². The molecule has 1 saturated carbocycles. The number of nitrogens with two attached hydrogens (primary N) is 1. The highest BCUT2D eigenvalue weighted by atomic mass is 32.1. The molecule has 0 aliphatic heterocycles. The van der Waals surface area contributed by atoms with Crippen LogP contribution in [-0.4, -0.2) is 17.7 Å². The molecule has 2 aromatic rings. The lowest BCUT2D eigenvalue weighted by atomic mass is 10.2. The minimum Gasteiger partial charge on any atom is -0.444 e. The van der Waals surface area contributed by atoms with Crippen molar-refractivity contribution in [2.24, 2.45) is 0 Å². The summed E-state index contributed by atoms with van der Waals surface area (Å²) in [4.78, 5) is 14.4. The third-order valence-electron chi connectivity index (χ3n) is 3.91. The highest BCUT2D eigenvalue weighted by Crippen LogP contribution is 2.37. The van der Waals surface area contributed by atoms with Gasteiger partial charge in [0.1, 0.15) is 5.60 Å². The van der Waals surface area contributed by atoms with Gasteiger partial charge >= 0.3 is 6.09 Å². The zero-order chi connectivity index (χ0) is 18.0. The lowest BCUT2D eigenvalue weighted by molar-refractivity contribution is 0.0636. The van der Waals surface area contributed by atoms with Gasteiger partial charge in [-0.05, 0) is 74.2 Å². The molecule has 1 aromatic carbocycles. The van der Waals surface area contributed by atoms with Gasteiger partial charge < -0.3 is 15.4 Å². The molecule has 0 spiro atoms. The Kier molecular flexibility index (Phi) is 4.90. The first-order valence-electron chi connectivity index (χ1n) is 8.49. The maximum absolute atomic E-state index is 12.0. The fourth-order valence-electron chi connectivity index (χ4n) is 2.67. The van der Waals surface area contributed by atoms with Crippen molar-refractivity contribution < 1.29 is 9.53 Å². The molecule has 0 saturated heterocycles. The van der Waals surface area contributed by atoms with Crippen LogP contribution in [0.25, 0.3) is 0 Å². The normalized spacial score (nSPS) is 14.2. The van der Waals surface area contributed by atoms with E-state index >= 15 is 0 Å². The Morgan fingerprint density at radius 2 is 2.12 bits per heavy atom. The van der Waals surface area contributed by atoms with Crippen molar-refractivity contribution in [1.29, 1.82) is 0 Å². The van der Waals surface area contributed by atoms with E-state index in [1.54, 1.807) is 17.4 Å². The number of nitrogens with one attached hydrogen (secondary N) is 1. The number of anilines is 3. The molecule has 3 N–H and O–H groups in total. The van der Waals surface area contributed by atoms with Gasteiger partial charge in [-0.15, -0.1) is 0 Å². The van der Waals surface area contributed by atoms with Crippen LogP contribution in [-0.2, 0) is 11.3 Å². The van der Waals surface area contributed by atoms with Crippen LogP contribution in [0.5, 0.6) is 0 Å². The van der Waals surface area contributed by atoms with Gasteiger partial charge in [0.25, 0.3) is 0 Å². The number of nitrogen functional groups attached to an aromatic ring is 1. The smallest absolute Gasteiger partial charge is 0.412 e. The number of ether oxygens (including phenoxy) is 1. The first-order valence-corrected chi connectivity index (χ1v) is 9.43. The summed E-state index contributed by atoms with van der Waals surface area (Å²) in [5.41, 5.74) is 9.35. The van der Waals surface area contributed by atoms with E-state index in [-0.39, 0.29) is 0 Å². The van der Waals surface area contributed by atoms with E-state index in [9.17, 15) is 4.79 Å². The highest BCUT2D eigenvalue weighted by Gasteiger charge is 2.30. The Bertz CT molecular complexity index is 734. The third kappa shape index (κ3) is 4.89. The number of thiophene rings is 1. The van der Waals surface area contributed by atoms with Crippen LogP contribution in [0.3, 0.4) is 0 Å². The second-order valence-corrected chi connectivity index (χ2v) is 8.17. The molecule has 1 aliphatic rings. The van der Waals surface area contributed by atoms with Gasteiger partial charge in [0, 0.05) is 18.3 Å². The Morgan fingerprint density at radius 3 is 2.72 bits per heavy atom. The predicted molar refractivity (Wildman–Crippen MR) is 104 cm³/mol. The van der Waals surface area contributed by atoms with E-state index in [0.29, 0.717) is 11.7 Å². The van der Waals surface area contributed by atoms with Gasteiger partial charge in [0.15, 0.2) is 0 Å². The fourth-order valence-corrected chi connectivity index (χ4v) is 3.33. The maximum Gasteiger partial charge on any atom is 0.412 e. The summed E-state index contributed by atoms with van der Waals surface area (Å²) in [5.74, 6) is 0. The van der Waals surface area contributed by atoms with E-state index in [4.69, 9.17) is 10.5 Å². The number of carbonyl (C=O) groups is 1. The van der Waals surface area contributed by atoms with Gasteiger partial charge in [-0.1, -0.05) is 0 Å². The number of rotatable bonds is 5. The standard InChI is InChI=1S/C19H25N3O2S/c1-19(2,3)24-18(23)21-14-4-7-16(20)17(10-14)22(15-5-6-15)11-13-8-9-25-12-13/h4,7-10,12,15H,5-6,11,20H2,1-3H3,(H,21,23). The summed E-state index contributed by atoms with van der Waals surface area (Å²) in [5, 5.41) is 7.05. The lowest BCUT2D eigenvalue weighted by Gasteiger charge is -2.26.